The number of carboxylic acid groups (broad SMARTS) is 1. The molecular weight excluding hydrogens is 418 g/mol. The molecule has 0 heterocycles. The number of phenols is 1. The number of ether oxygens (including phenoxy) is 1. The number of hydrogen-bond donors (Lipinski definition) is 4. The van der Waals surface area contributed by atoms with E-state index in [1.807, 2.05) is 37.3 Å². The Morgan fingerprint density at radius 3 is 2.24 bits per heavy atom. The number of aliphatic hydroxyl groups is 1. The molecular formula is C27H31NO5. The Balaban J connectivity index is 1.55. The number of carbonyl (C=O) groups is 1. The minimum Gasteiger partial charge on any atom is -0.508 e. The van der Waals surface area contributed by atoms with Crippen LogP contribution in [-0.4, -0.2) is 40.5 Å². The second-order valence-electron chi connectivity index (χ2n) is 8.41. The summed E-state index contributed by atoms with van der Waals surface area (Å²) in [6, 6.07) is 19.3. The second-order valence-corrected chi connectivity index (χ2v) is 8.41. The van der Waals surface area contributed by atoms with Gasteiger partial charge in [-0.1, -0.05) is 44.2 Å². The van der Waals surface area contributed by atoms with Crippen LogP contribution in [0.25, 0.3) is 11.1 Å². The molecule has 0 aliphatic carbocycles. The van der Waals surface area contributed by atoms with Crippen LogP contribution in [0, 0.1) is 0 Å². The average molecular weight is 450 g/mol. The number of carboxylic acids is 1. The Morgan fingerprint density at radius 1 is 0.970 bits per heavy atom. The van der Waals surface area contributed by atoms with Gasteiger partial charge in [0.25, 0.3) is 0 Å². The van der Waals surface area contributed by atoms with E-state index in [-0.39, 0.29) is 17.7 Å². The summed E-state index contributed by atoms with van der Waals surface area (Å²) < 4.78 is 5.82. The van der Waals surface area contributed by atoms with E-state index < -0.39 is 12.1 Å². The molecule has 0 aromatic heterocycles. The van der Waals surface area contributed by atoms with Crippen molar-refractivity contribution in [2.45, 2.75) is 38.8 Å². The molecule has 0 saturated heterocycles. The molecule has 174 valence electrons. The van der Waals surface area contributed by atoms with Crippen molar-refractivity contribution in [2.24, 2.45) is 0 Å². The fourth-order valence-electron chi connectivity index (χ4n) is 3.69. The van der Waals surface area contributed by atoms with Crippen molar-refractivity contribution in [2.75, 3.05) is 13.2 Å². The van der Waals surface area contributed by atoms with Gasteiger partial charge < -0.3 is 25.4 Å². The summed E-state index contributed by atoms with van der Waals surface area (Å²) in [6.45, 7) is 7.00. The van der Waals surface area contributed by atoms with E-state index in [0.717, 1.165) is 28.0 Å². The zero-order chi connectivity index (χ0) is 24.0. The van der Waals surface area contributed by atoms with Crippen LogP contribution in [0.5, 0.6) is 11.5 Å². The number of nitrogens with one attached hydrogen (secondary N) is 1. The zero-order valence-electron chi connectivity index (χ0n) is 19.2. The summed E-state index contributed by atoms with van der Waals surface area (Å²) in [5.74, 6) is 0.176. The quantitative estimate of drug-likeness (QED) is 0.326. The molecule has 3 aromatic rings. The van der Waals surface area contributed by atoms with Crippen molar-refractivity contribution < 1.29 is 24.9 Å². The van der Waals surface area contributed by atoms with Gasteiger partial charge in [-0.2, -0.15) is 0 Å². The molecule has 0 saturated carbocycles. The van der Waals surface area contributed by atoms with Gasteiger partial charge in [-0.25, -0.2) is 4.79 Å². The third-order valence-corrected chi connectivity index (χ3v) is 5.63. The van der Waals surface area contributed by atoms with Gasteiger partial charge in [-0.15, -0.1) is 0 Å². The number of aromatic carboxylic acids is 1. The van der Waals surface area contributed by atoms with Crippen LogP contribution < -0.4 is 10.1 Å². The Morgan fingerprint density at radius 2 is 1.64 bits per heavy atom. The lowest BCUT2D eigenvalue weighted by Gasteiger charge is -2.21. The molecule has 0 amide bonds. The minimum atomic E-state index is -0.925. The summed E-state index contributed by atoms with van der Waals surface area (Å²) in [4.78, 5) is 11.3. The first kappa shape index (κ1) is 24.3. The van der Waals surface area contributed by atoms with Crippen LogP contribution in [0.4, 0.5) is 0 Å². The van der Waals surface area contributed by atoms with Gasteiger partial charge in [0.2, 0.25) is 0 Å². The van der Waals surface area contributed by atoms with E-state index in [9.17, 15) is 20.1 Å². The second kappa shape index (κ2) is 11.0. The normalized spacial score (nSPS) is 13.0. The number of benzene rings is 3. The van der Waals surface area contributed by atoms with Crippen molar-refractivity contribution in [3.05, 3.63) is 83.4 Å². The molecule has 2 atom stereocenters. The molecule has 0 fully saturated rings. The molecule has 0 spiro atoms. The third kappa shape index (κ3) is 6.34. The van der Waals surface area contributed by atoms with Crippen LogP contribution in [0.2, 0.25) is 0 Å². The molecule has 3 rings (SSSR count). The van der Waals surface area contributed by atoms with Gasteiger partial charge in [0.05, 0.1) is 11.7 Å². The van der Waals surface area contributed by atoms with E-state index >= 15 is 0 Å². The molecule has 33 heavy (non-hydrogen) atoms. The fourth-order valence-corrected chi connectivity index (χ4v) is 3.69. The first-order valence-corrected chi connectivity index (χ1v) is 11.1. The topological polar surface area (TPSA) is 99.0 Å². The van der Waals surface area contributed by atoms with Crippen molar-refractivity contribution in [1.29, 1.82) is 0 Å². The molecule has 0 bridgehead atoms. The van der Waals surface area contributed by atoms with E-state index in [2.05, 4.69) is 19.2 Å². The van der Waals surface area contributed by atoms with Crippen molar-refractivity contribution >= 4 is 5.97 Å². The Hall–Kier alpha value is -3.35. The molecule has 0 aliphatic heterocycles. The highest BCUT2D eigenvalue weighted by Crippen LogP contribution is 2.31. The minimum absolute atomic E-state index is 0.170. The molecule has 4 N–H and O–H groups in total. The molecule has 6 nitrogen and oxygen atoms in total. The highest BCUT2D eigenvalue weighted by molar-refractivity contribution is 5.89. The molecule has 3 aromatic carbocycles. The van der Waals surface area contributed by atoms with Crippen LogP contribution in [0.1, 0.15) is 54.3 Å². The van der Waals surface area contributed by atoms with Crippen molar-refractivity contribution in [1.82, 2.24) is 5.32 Å². The van der Waals surface area contributed by atoms with Crippen LogP contribution in [-0.2, 0) is 0 Å². The van der Waals surface area contributed by atoms with Crippen LogP contribution >= 0.6 is 0 Å². The van der Waals surface area contributed by atoms with Gasteiger partial charge in [-0.3, -0.25) is 0 Å². The van der Waals surface area contributed by atoms with E-state index in [4.69, 9.17) is 4.74 Å². The predicted octanol–water partition coefficient (Wildman–Crippen LogP) is 4.97. The maximum atomic E-state index is 11.3. The lowest BCUT2D eigenvalue weighted by molar-refractivity contribution is 0.0696. The number of phenolic OH excluding ortho intramolecular Hbond substituents is 1. The first-order chi connectivity index (χ1) is 15.8. The lowest BCUT2D eigenvalue weighted by Crippen LogP contribution is -2.35. The van der Waals surface area contributed by atoms with Crippen molar-refractivity contribution in [3.8, 4) is 22.6 Å². The molecule has 0 unspecified atom stereocenters. The van der Waals surface area contributed by atoms with Gasteiger partial charge in [-0.05, 0) is 71.5 Å². The summed E-state index contributed by atoms with van der Waals surface area (Å²) in [6.07, 6.45) is -0.687. The van der Waals surface area contributed by atoms with Crippen LogP contribution in [0.3, 0.4) is 0 Å². The number of rotatable bonds is 10. The van der Waals surface area contributed by atoms with Gasteiger partial charge in [0.1, 0.15) is 18.1 Å². The Kier molecular flexibility index (Phi) is 8.09. The van der Waals surface area contributed by atoms with Gasteiger partial charge in [0.15, 0.2) is 0 Å². The monoisotopic (exact) mass is 449 g/mol. The summed E-state index contributed by atoms with van der Waals surface area (Å²) >= 11 is 0. The zero-order valence-corrected chi connectivity index (χ0v) is 19.2. The average Bonchev–Trinajstić information content (AvgIpc) is 2.81. The Labute approximate surface area is 194 Å². The van der Waals surface area contributed by atoms with Crippen LogP contribution in [0.15, 0.2) is 66.7 Å². The van der Waals surface area contributed by atoms with Gasteiger partial charge >= 0.3 is 5.97 Å². The van der Waals surface area contributed by atoms with E-state index in [1.165, 1.54) is 0 Å². The predicted molar refractivity (Wildman–Crippen MR) is 129 cm³/mol. The highest BCUT2D eigenvalue weighted by atomic mass is 16.5. The first-order valence-electron chi connectivity index (χ1n) is 11.1. The van der Waals surface area contributed by atoms with Gasteiger partial charge in [0, 0.05) is 12.6 Å². The third-order valence-electron chi connectivity index (χ3n) is 5.63. The largest absolute Gasteiger partial charge is 0.508 e. The maximum absolute atomic E-state index is 11.3. The van der Waals surface area contributed by atoms with E-state index in [0.29, 0.717) is 18.7 Å². The molecule has 6 heteroatoms. The molecule has 0 radical (unpaired) electrons. The van der Waals surface area contributed by atoms with Crippen molar-refractivity contribution in [3.63, 3.8) is 0 Å². The van der Waals surface area contributed by atoms with E-state index in [1.54, 1.807) is 36.4 Å². The number of hydrogen-bond acceptors (Lipinski definition) is 5. The SMILES string of the molecule is CC(C)c1cc(C(=O)O)ccc1-c1ccc(OCCN[C@H](C)[C@@H](O)c2ccc(O)cc2)cc1. The highest BCUT2D eigenvalue weighted by Gasteiger charge is 2.16. The maximum Gasteiger partial charge on any atom is 0.335 e. The smallest absolute Gasteiger partial charge is 0.335 e. The Bertz CT molecular complexity index is 1060. The summed E-state index contributed by atoms with van der Waals surface area (Å²) in [5.41, 5.74) is 4.04. The summed E-state index contributed by atoms with van der Waals surface area (Å²) in [7, 11) is 0. The summed E-state index contributed by atoms with van der Waals surface area (Å²) in [5, 5.41) is 32.3. The lowest BCUT2D eigenvalue weighted by atomic mass is 9.91. The standard InChI is InChI=1S/C27H31NO5/c1-17(2)25-16-21(27(31)32)8-13-24(25)19-6-11-23(12-7-19)33-15-14-28-18(3)26(30)20-4-9-22(29)10-5-20/h4-13,16-18,26,28-30H,14-15H2,1-3H3,(H,31,32)/t18-,26-/m1/s1. The fraction of sp³-hybridized carbons (Fsp3) is 0.296. The number of aliphatic hydroxyl groups excluding tert-OH is 1. The molecule has 0 aliphatic rings. The number of aromatic hydroxyl groups is 1.